The van der Waals surface area contributed by atoms with Crippen LogP contribution in [0.5, 0.6) is 0 Å². The first kappa shape index (κ1) is 21.2. The standard InChI is InChI=1S/C19H15Cl2N3O4S/c1-28-8-7-23-18-15(21)10-13(20)11-16(18)29-19(23)22-17(25)6-5-12-3-2-4-14(9-12)24(26)27/h2-6,9-11H,7-8H2,1H3/b6-5+,22-19?. The van der Waals surface area contributed by atoms with Crippen molar-refractivity contribution in [3.8, 4) is 0 Å². The van der Waals surface area contributed by atoms with Gasteiger partial charge < -0.3 is 9.30 Å². The van der Waals surface area contributed by atoms with Crippen molar-refractivity contribution in [1.82, 2.24) is 4.57 Å². The Morgan fingerprint density at radius 1 is 1.34 bits per heavy atom. The highest BCUT2D eigenvalue weighted by molar-refractivity contribution is 7.16. The highest BCUT2D eigenvalue weighted by Gasteiger charge is 2.12. The molecule has 1 aromatic heterocycles. The van der Waals surface area contributed by atoms with Gasteiger partial charge in [0.25, 0.3) is 11.6 Å². The third-order valence-corrected chi connectivity index (χ3v) is 5.45. The number of ether oxygens (including phenoxy) is 1. The summed E-state index contributed by atoms with van der Waals surface area (Å²) in [5.41, 5.74) is 1.21. The van der Waals surface area contributed by atoms with Crippen LogP contribution in [0, 0.1) is 10.1 Å². The largest absolute Gasteiger partial charge is 0.383 e. The Morgan fingerprint density at radius 2 is 2.14 bits per heavy atom. The summed E-state index contributed by atoms with van der Waals surface area (Å²) >= 11 is 13.7. The molecule has 0 aliphatic carbocycles. The minimum absolute atomic E-state index is 0.0510. The number of carbonyl (C=O) groups excluding carboxylic acids is 1. The van der Waals surface area contributed by atoms with Crippen molar-refractivity contribution < 1.29 is 14.5 Å². The number of rotatable bonds is 6. The van der Waals surface area contributed by atoms with Crippen molar-refractivity contribution in [3.63, 3.8) is 0 Å². The molecule has 0 fully saturated rings. The van der Waals surface area contributed by atoms with Crippen molar-refractivity contribution in [2.45, 2.75) is 6.54 Å². The summed E-state index contributed by atoms with van der Waals surface area (Å²) in [7, 11) is 1.58. The number of nitro groups is 1. The van der Waals surface area contributed by atoms with Gasteiger partial charge in [-0.15, -0.1) is 0 Å². The Balaban J connectivity index is 1.98. The molecule has 1 heterocycles. The smallest absolute Gasteiger partial charge is 0.272 e. The van der Waals surface area contributed by atoms with E-state index in [2.05, 4.69) is 4.99 Å². The number of nitrogens with zero attached hydrogens (tertiary/aromatic N) is 3. The van der Waals surface area contributed by atoms with E-state index in [1.165, 1.54) is 35.6 Å². The van der Waals surface area contributed by atoms with Crippen molar-refractivity contribution in [2.24, 2.45) is 4.99 Å². The van der Waals surface area contributed by atoms with Gasteiger partial charge in [0.1, 0.15) is 0 Å². The van der Waals surface area contributed by atoms with E-state index in [0.717, 1.165) is 10.2 Å². The second-order valence-electron chi connectivity index (χ2n) is 5.90. The number of non-ortho nitro benzene ring substituents is 1. The van der Waals surface area contributed by atoms with E-state index in [4.69, 9.17) is 27.9 Å². The molecular weight excluding hydrogens is 437 g/mol. The summed E-state index contributed by atoms with van der Waals surface area (Å²) < 4.78 is 7.75. The van der Waals surface area contributed by atoms with E-state index >= 15 is 0 Å². The van der Waals surface area contributed by atoms with Crippen molar-refractivity contribution >= 4 is 62.4 Å². The maximum Gasteiger partial charge on any atom is 0.272 e. The molecule has 1 amide bonds. The normalized spacial score (nSPS) is 12.2. The Labute approximate surface area is 179 Å². The van der Waals surface area contributed by atoms with E-state index in [-0.39, 0.29) is 5.69 Å². The predicted octanol–water partition coefficient (Wildman–Crippen LogP) is 4.70. The summed E-state index contributed by atoms with van der Waals surface area (Å²) in [6.45, 7) is 0.869. The van der Waals surface area contributed by atoms with Crippen LogP contribution in [0.1, 0.15) is 5.56 Å². The van der Waals surface area contributed by atoms with Crippen LogP contribution in [-0.4, -0.2) is 29.1 Å². The maximum atomic E-state index is 12.4. The summed E-state index contributed by atoms with van der Waals surface area (Å²) in [5, 5.41) is 11.8. The zero-order valence-electron chi connectivity index (χ0n) is 15.2. The van der Waals surface area contributed by atoms with Crippen LogP contribution >= 0.6 is 34.5 Å². The molecule has 2 aromatic carbocycles. The Morgan fingerprint density at radius 3 is 2.86 bits per heavy atom. The van der Waals surface area contributed by atoms with Crippen LogP contribution in [0.4, 0.5) is 5.69 Å². The zero-order chi connectivity index (χ0) is 21.0. The Bertz CT molecular complexity index is 1180. The van der Waals surface area contributed by atoms with Crippen molar-refractivity contribution in [1.29, 1.82) is 0 Å². The molecule has 0 radical (unpaired) electrons. The van der Waals surface area contributed by atoms with E-state index in [1.54, 1.807) is 35.9 Å². The molecule has 0 atom stereocenters. The fraction of sp³-hybridized carbons (Fsp3) is 0.158. The lowest BCUT2D eigenvalue weighted by atomic mass is 10.2. The summed E-state index contributed by atoms with van der Waals surface area (Å²) in [6.07, 6.45) is 2.74. The van der Waals surface area contributed by atoms with Gasteiger partial charge in [-0.3, -0.25) is 14.9 Å². The molecule has 0 saturated carbocycles. The molecule has 10 heteroatoms. The van der Waals surface area contributed by atoms with E-state index in [0.29, 0.717) is 33.6 Å². The summed E-state index contributed by atoms with van der Waals surface area (Å²) in [4.78, 5) is 27.4. The molecule has 0 saturated heterocycles. The monoisotopic (exact) mass is 451 g/mol. The third-order valence-electron chi connectivity index (χ3n) is 3.92. The predicted molar refractivity (Wildman–Crippen MR) is 114 cm³/mol. The van der Waals surface area contributed by atoms with Crippen LogP contribution in [0.15, 0.2) is 47.5 Å². The number of halogens is 2. The molecule has 3 aromatic rings. The Kier molecular flexibility index (Phi) is 6.81. The second-order valence-corrected chi connectivity index (χ2v) is 7.75. The molecule has 7 nitrogen and oxygen atoms in total. The quantitative estimate of drug-likeness (QED) is 0.308. The highest BCUT2D eigenvalue weighted by Crippen LogP contribution is 2.29. The fourth-order valence-corrected chi connectivity index (χ4v) is 4.49. The number of aromatic nitrogens is 1. The van der Waals surface area contributed by atoms with Gasteiger partial charge in [0.15, 0.2) is 4.80 Å². The molecule has 3 rings (SSSR count). The lowest BCUT2D eigenvalue weighted by molar-refractivity contribution is -0.384. The number of hydrogen-bond donors (Lipinski definition) is 0. The molecular formula is C19H15Cl2N3O4S. The molecule has 0 aliphatic rings. The topological polar surface area (TPSA) is 86.7 Å². The number of hydrogen-bond acceptors (Lipinski definition) is 5. The Hall–Kier alpha value is -2.52. The first-order valence-corrected chi connectivity index (χ1v) is 9.95. The number of thiazole rings is 1. The molecule has 29 heavy (non-hydrogen) atoms. The van der Waals surface area contributed by atoms with E-state index in [1.807, 2.05) is 0 Å². The number of carbonyl (C=O) groups is 1. The van der Waals surface area contributed by atoms with E-state index in [9.17, 15) is 14.9 Å². The van der Waals surface area contributed by atoms with Crippen LogP contribution in [-0.2, 0) is 16.1 Å². The molecule has 0 spiro atoms. The number of methoxy groups -OCH3 is 1. The first-order valence-electron chi connectivity index (χ1n) is 8.37. The van der Waals surface area contributed by atoms with Gasteiger partial charge in [0.2, 0.25) is 0 Å². The van der Waals surface area contributed by atoms with Crippen LogP contribution in [0.25, 0.3) is 16.3 Å². The second kappa shape index (κ2) is 9.32. The zero-order valence-corrected chi connectivity index (χ0v) is 17.5. The van der Waals surface area contributed by atoms with Gasteiger partial charge in [-0.2, -0.15) is 4.99 Å². The number of fused-ring (bicyclic) bond motifs is 1. The maximum absolute atomic E-state index is 12.4. The summed E-state index contributed by atoms with van der Waals surface area (Å²) in [5.74, 6) is -0.503. The number of nitro benzene ring substituents is 1. The minimum atomic E-state index is -0.503. The van der Waals surface area contributed by atoms with Crippen LogP contribution in [0.3, 0.4) is 0 Å². The lowest BCUT2D eigenvalue weighted by Crippen LogP contribution is -2.19. The van der Waals surface area contributed by atoms with Gasteiger partial charge in [-0.05, 0) is 23.8 Å². The number of amides is 1. The van der Waals surface area contributed by atoms with Crippen molar-refractivity contribution in [2.75, 3.05) is 13.7 Å². The molecule has 0 unspecified atom stereocenters. The van der Waals surface area contributed by atoms with Gasteiger partial charge in [0, 0.05) is 36.9 Å². The summed E-state index contributed by atoms with van der Waals surface area (Å²) in [6, 6.07) is 9.37. The van der Waals surface area contributed by atoms with Gasteiger partial charge in [-0.1, -0.05) is 46.7 Å². The van der Waals surface area contributed by atoms with Crippen molar-refractivity contribution in [3.05, 3.63) is 73.0 Å². The average Bonchev–Trinajstić information content (AvgIpc) is 3.01. The van der Waals surface area contributed by atoms with Gasteiger partial charge in [0.05, 0.1) is 26.8 Å². The van der Waals surface area contributed by atoms with Crippen LogP contribution < -0.4 is 4.80 Å². The molecule has 0 aliphatic heterocycles. The molecule has 150 valence electrons. The van der Waals surface area contributed by atoms with E-state index < -0.39 is 10.8 Å². The minimum Gasteiger partial charge on any atom is -0.383 e. The number of benzene rings is 2. The third kappa shape index (κ3) is 5.10. The first-order chi connectivity index (χ1) is 13.9. The fourth-order valence-electron chi connectivity index (χ4n) is 2.65. The van der Waals surface area contributed by atoms with Crippen LogP contribution in [0.2, 0.25) is 10.0 Å². The molecule has 0 N–H and O–H groups in total. The highest BCUT2D eigenvalue weighted by atomic mass is 35.5. The van der Waals surface area contributed by atoms with Gasteiger partial charge >= 0.3 is 0 Å². The molecule has 0 bridgehead atoms. The SMILES string of the molecule is COCCn1c(=NC(=O)/C=C/c2cccc([N+](=O)[O-])c2)sc2cc(Cl)cc(Cl)c21. The van der Waals surface area contributed by atoms with Gasteiger partial charge in [-0.25, -0.2) is 0 Å². The lowest BCUT2D eigenvalue weighted by Gasteiger charge is -2.05. The average molecular weight is 452 g/mol.